The van der Waals surface area contributed by atoms with E-state index in [9.17, 15) is 4.79 Å². The van der Waals surface area contributed by atoms with Crippen LogP contribution in [0.2, 0.25) is 0 Å². The highest BCUT2D eigenvalue weighted by molar-refractivity contribution is 5.81. The highest BCUT2D eigenvalue weighted by atomic mass is 16.2. The maximum Gasteiger partial charge on any atom is 0.237 e. The van der Waals surface area contributed by atoms with Crippen LogP contribution in [0.3, 0.4) is 0 Å². The van der Waals surface area contributed by atoms with Crippen LogP contribution in [0.25, 0.3) is 0 Å². The number of carbonyl (C=O) groups is 1. The summed E-state index contributed by atoms with van der Waals surface area (Å²) in [5, 5.41) is 6.71. The third kappa shape index (κ3) is 4.43. The minimum absolute atomic E-state index is 0.0128. The second-order valence-corrected chi connectivity index (χ2v) is 6.87. The van der Waals surface area contributed by atoms with Crippen LogP contribution < -0.4 is 10.6 Å². The van der Waals surface area contributed by atoms with Crippen molar-refractivity contribution >= 4 is 5.91 Å². The van der Waals surface area contributed by atoms with Crippen LogP contribution in [0.4, 0.5) is 0 Å². The van der Waals surface area contributed by atoms with Crippen molar-refractivity contribution in [2.24, 2.45) is 5.92 Å². The first-order chi connectivity index (χ1) is 10.2. The number of piperidine rings is 1. The summed E-state index contributed by atoms with van der Waals surface area (Å²) in [6.45, 7) is 6.40. The Labute approximate surface area is 130 Å². The van der Waals surface area contributed by atoms with E-state index in [0.717, 1.165) is 32.4 Å². The summed E-state index contributed by atoms with van der Waals surface area (Å²) in [5.41, 5.74) is 0. The molecule has 4 heteroatoms. The van der Waals surface area contributed by atoms with Gasteiger partial charge in [-0.05, 0) is 39.2 Å². The topological polar surface area (TPSA) is 44.4 Å². The summed E-state index contributed by atoms with van der Waals surface area (Å²) >= 11 is 0. The predicted octanol–water partition coefficient (Wildman–Crippen LogP) is 2.14. The largest absolute Gasteiger partial charge is 0.352 e. The number of carbonyl (C=O) groups excluding carboxylic acids is 1. The molecule has 2 N–H and O–H groups in total. The van der Waals surface area contributed by atoms with E-state index in [1.165, 1.54) is 25.7 Å². The second kappa shape index (κ2) is 8.14. The first-order valence-electron chi connectivity index (χ1n) is 8.87. The lowest BCUT2D eigenvalue weighted by Gasteiger charge is -2.41. The lowest BCUT2D eigenvalue weighted by molar-refractivity contribution is -0.127. The number of nitrogens with zero attached hydrogens (tertiary/aromatic N) is 1. The fourth-order valence-electron chi connectivity index (χ4n) is 3.94. The summed E-state index contributed by atoms with van der Waals surface area (Å²) in [6.07, 6.45) is 8.53. The van der Waals surface area contributed by atoms with Crippen LogP contribution in [0.15, 0.2) is 0 Å². The van der Waals surface area contributed by atoms with Gasteiger partial charge >= 0.3 is 0 Å². The molecule has 122 valence electrons. The van der Waals surface area contributed by atoms with Crippen molar-refractivity contribution in [2.75, 3.05) is 20.1 Å². The number of hydrogen-bond donors (Lipinski definition) is 2. The maximum absolute atomic E-state index is 12.5. The zero-order valence-corrected chi connectivity index (χ0v) is 14.0. The molecule has 1 aliphatic carbocycles. The van der Waals surface area contributed by atoms with Crippen molar-refractivity contribution in [1.29, 1.82) is 0 Å². The molecule has 2 fully saturated rings. The van der Waals surface area contributed by atoms with E-state index in [-0.39, 0.29) is 11.9 Å². The van der Waals surface area contributed by atoms with Gasteiger partial charge in [-0.1, -0.05) is 32.6 Å². The quantitative estimate of drug-likeness (QED) is 0.817. The van der Waals surface area contributed by atoms with Gasteiger partial charge in [0.15, 0.2) is 0 Å². The second-order valence-electron chi connectivity index (χ2n) is 6.87. The molecule has 2 rings (SSSR count). The van der Waals surface area contributed by atoms with Crippen molar-refractivity contribution in [3.63, 3.8) is 0 Å². The van der Waals surface area contributed by atoms with E-state index in [2.05, 4.69) is 36.4 Å². The fraction of sp³-hybridized carbons (Fsp3) is 0.941. The molecule has 1 saturated heterocycles. The summed E-state index contributed by atoms with van der Waals surface area (Å²) in [4.78, 5) is 14.9. The zero-order valence-electron chi connectivity index (χ0n) is 14.0. The predicted molar refractivity (Wildman–Crippen MR) is 87.3 cm³/mol. The number of hydrogen-bond acceptors (Lipinski definition) is 3. The molecule has 0 aromatic heterocycles. The minimum atomic E-state index is 0.0128. The molecule has 3 unspecified atom stereocenters. The lowest BCUT2D eigenvalue weighted by Crippen LogP contribution is -2.55. The SMILES string of the molecule is CCC1CN(C(C)C(=O)NC2CCCCC2)CCC1NC. The van der Waals surface area contributed by atoms with E-state index in [4.69, 9.17) is 0 Å². The van der Waals surface area contributed by atoms with E-state index in [0.29, 0.717) is 18.0 Å². The van der Waals surface area contributed by atoms with Crippen molar-refractivity contribution in [1.82, 2.24) is 15.5 Å². The molecule has 0 radical (unpaired) electrons. The van der Waals surface area contributed by atoms with Gasteiger partial charge in [0.2, 0.25) is 5.91 Å². The average Bonchev–Trinajstić information content (AvgIpc) is 2.54. The van der Waals surface area contributed by atoms with Crippen molar-refractivity contribution < 1.29 is 4.79 Å². The lowest BCUT2D eigenvalue weighted by atomic mass is 9.89. The fourth-order valence-corrected chi connectivity index (χ4v) is 3.94. The van der Waals surface area contributed by atoms with Gasteiger partial charge in [-0.25, -0.2) is 0 Å². The van der Waals surface area contributed by atoms with Crippen molar-refractivity contribution in [3.8, 4) is 0 Å². The Hall–Kier alpha value is -0.610. The zero-order chi connectivity index (χ0) is 15.2. The Morgan fingerprint density at radius 1 is 1.24 bits per heavy atom. The number of amides is 1. The Morgan fingerprint density at radius 3 is 2.57 bits per heavy atom. The van der Waals surface area contributed by atoms with Crippen LogP contribution in [0, 0.1) is 5.92 Å². The molecule has 2 aliphatic rings. The summed E-state index contributed by atoms with van der Waals surface area (Å²) < 4.78 is 0. The molecule has 0 spiro atoms. The maximum atomic E-state index is 12.5. The monoisotopic (exact) mass is 295 g/mol. The van der Waals surface area contributed by atoms with Gasteiger partial charge in [-0.2, -0.15) is 0 Å². The Morgan fingerprint density at radius 2 is 1.95 bits per heavy atom. The Balaban J connectivity index is 1.84. The standard InChI is InChI=1S/C17H33N3O/c1-4-14-12-20(11-10-16(14)18-3)13(2)17(21)19-15-8-6-5-7-9-15/h13-16,18H,4-12H2,1-3H3,(H,19,21). The minimum Gasteiger partial charge on any atom is -0.352 e. The van der Waals surface area contributed by atoms with Gasteiger partial charge in [0.05, 0.1) is 6.04 Å². The van der Waals surface area contributed by atoms with Crippen molar-refractivity contribution in [3.05, 3.63) is 0 Å². The van der Waals surface area contributed by atoms with Gasteiger partial charge < -0.3 is 10.6 Å². The highest BCUT2D eigenvalue weighted by Crippen LogP contribution is 2.22. The van der Waals surface area contributed by atoms with Gasteiger partial charge in [-0.15, -0.1) is 0 Å². The van der Waals surface area contributed by atoms with Gasteiger partial charge in [-0.3, -0.25) is 9.69 Å². The molecule has 1 aliphatic heterocycles. The molecule has 0 aromatic carbocycles. The first-order valence-corrected chi connectivity index (χ1v) is 8.87. The summed E-state index contributed by atoms with van der Waals surface area (Å²) in [5.74, 6) is 0.897. The van der Waals surface area contributed by atoms with E-state index in [1.54, 1.807) is 0 Å². The van der Waals surface area contributed by atoms with E-state index < -0.39 is 0 Å². The van der Waals surface area contributed by atoms with Crippen LogP contribution in [-0.2, 0) is 4.79 Å². The molecule has 0 aromatic rings. The third-order valence-electron chi connectivity index (χ3n) is 5.54. The summed E-state index contributed by atoms with van der Waals surface area (Å²) in [6, 6.07) is 1.05. The molecule has 4 nitrogen and oxygen atoms in total. The van der Waals surface area contributed by atoms with Gasteiger partial charge in [0.1, 0.15) is 0 Å². The molecular weight excluding hydrogens is 262 g/mol. The van der Waals surface area contributed by atoms with Crippen LogP contribution in [-0.4, -0.2) is 49.1 Å². The first kappa shape index (κ1) is 16.8. The Bertz CT molecular complexity index is 328. The molecule has 21 heavy (non-hydrogen) atoms. The van der Waals surface area contributed by atoms with Crippen LogP contribution >= 0.6 is 0 Å². The van der Waals surface area contributed by atoms with Crippen molar-refractivity contribution in [2.45, 2.75) is 76.9 Å². The van der Waals surface area contributed by atoms with Crippen LogP contribution in [0.1, 0.15) is 58.8 Å². The normalized spacial score (nSPS) is 30.0. The van der Waals surface area contributed by atoms with E-state index in [1.807, 2.05) is 0 Å². The average molecular weight is 295 g/mol. The van der Waals surface area contributed by atoms with E-state index >= 15 is 0 Å². The molecule has 3 atom stereocenters. The van der Waals surface area contributed by atoms with Gasteiger partial charge in [0, 0.05) is 25.2 Å². The number of likely N-dealkylation sites (tertiary alicyclic amines) is 1. The molecule has 0 bridgehead atoms. The third-order valence-corrected chi connectivity index (χ3v) is 5.54. The summed E-state index contributed by atoms with van der Waals surface area (Å²) in [7, 11) is 2.06. The molecule has 1 heterocycles. The molecular formula is C17H33N3O. The number of rotatable bonds is 5. The Kier molecular flexibility index (Phi) is 6.49. The molecule has 1 saturated carbocycles. The molecule has 1 amide bonds. The highest BCUT2D eigenvalue weighted by Gasteiger charge is 2.32. The number of nitrogens with one attached hydrogen (secondary N) is 2. The smallest absolute Gasteiger partial charge is 0.237 e. The van der Waals surface area contributed by atoms with Crippen LogP contribution in [0.5, 0.6) is 0 Å². The van der Waals surface area contributed by atoms with Gasteiger partial charge in [0.25, 0.3) is 0 Å².